The van der Waals surface area contributed by atoms with E-state index >= 15 is 0 Å². The van der Waals surface area contributed by atoms with Gasteiger partial charge in [-0.15, -0.1) is 0 Å². The van der Waals surface area contributed by atoms with Crippen LogP contribution in [0.15, 0.2) is 0 Å². The molecule has 1 saturated heterocycles. The van der Waals surface area contributed by atoms with E-state index in [-0.39, 0.29) is 23.5 Å². The maximum absolute atomic E-state index is 12.7. The summed E-state index contributed by atoms with van der Waals surface area (Å²) in [6, 6.07) is -0.156. The molecular weight excluding hydrogens is 276 g/mol. The average molecular weight is 304 g/mol. The van der Waals surface area contributed by atoms with Crippen LogP contribution >= 0.6 is 0 Å². The monoisotopic (exact) mass is 304 g/mol. The highest BCUT2D eigenvalue weighted by atomic mass is 32.2. The fraction of sp³-hybridized carbons (Fsp3) is 0.929. The van der Waals surface area contributed by atoms with Gasteiger partial charge in [-0.3, -0.25) is 4.79 Å². The van der Waals surface area contributed by atoms with Gasteiger partial charge in [0.2, 0.25) is 5.91 Å². The summed E-state index contributed by atoms with van der Waals surface area (Å²) in [5, 5.41) is 3.18. The molecule has 0 bridgehead atoms. The number of amides is 1. The van der Waals surface area contributed by atoms with Gasteiger partial charge < -0.3 is 10.2 Å². The van der Waals surface area contributed by atoms with E-state index in [0.29, 0.717) is 19.5 Å². The quantitative estimate of drug-likeness (QED) is 0.767. The highest BCUT2D eigenvalue weighted by Gasteiger charge is 2.39. The summed E-state index contributed by atoms with van der Waals surface area (Å²) in [6.07, 6.45) is 2.47. The number of nitrogens with zero attached hydrogens (tertiary/aromatic N) is 1. The summed E-state index contributed by atoms with van der Waals surface area (Å²) in [5.41, 5.74) is -0.644. The number of nitrogens with one attached hydrogen (secondary N) is 1. The van der Waals surface area contributed by atoms with Crippen LogP contribution in [0.5, 0.6) is 0 Å². The molecule has 1 aliphatic rings. The lowest BCUT2D eigenvalue weighted by atomic mass is 10.0. The van der Waals surface area contributed by atoms with E-state index in [2.05, 4.69) is 12.2 Å². The molecule has 0 aromatic heterocycles. The molecule has 0 aromatic rings. The SMILES string of the molecule is CCCCN(C(=O)C(C)(C)NCC)C1CCS(=O)(=O)C1. The molecule has 1 amide bonds. The number of hydrogen-bond acceptors (Lipinski definition) is 4. The predicted octanol–water partition coefficient (Wildman–Crippen LogP) is 1.19. The van der Waals surface area contributed by atoms with E-state index in [9.17, 15) is 13.2 Å². The minimum Gasteiger partial charge on any atom is -0.337 e. The summed E-state index contributed by atoms with van der Waals surface area (Å²) >= 11 is 0. The molecule has 0 spiro atoms. The zero-order valence-electron chi connectivity index (χ0n) is 13.1. The second kappa shape index (κ2) is 6.89. The third-order valence-corrected chi connectivity index (χ3v) is 5.57. The number of carbonyl (C=O) groups is 1. The van der Waals surface area contributed by atoms with Gasteiger partial charge >= 0.3 is 0 Å². The lowest BCUT2D eigenvalue weighted by Crippen LogP contribution is -2.57. The van der Waals surface area contributed by atoms with Crippen LogP contribution in [0.2, 0.25) is 0 Å². The maximum atomic E-state index is 12.7. The highest BCUT2D eigenvalue weighted by Crippen LogP contribution is 2.21. The van der Waals surface area contributed by atoms with E-state index in [4.69, 9.17) is 0 Å². The lowest BCUT2D eigenvalue weighted by Gasteiger charge is -2.36. The molecule has 1 rings (SSSR count). The Balaban J connectivity index is 2.86. The number of carbonyl (C=O) groups excluding carboxylic acids is 1. The number of hydrogen-bond donors (Lipinski definition) is 1. The largest absolute Gasteiger partial charge is 0.337 e. The first kappa shape index (κ1) is 17.4. The Morgan fingerprint density at radius 3 is 2.45 bits per heavy atom. The molecule has 1 N–H and O–H groups in total. The minimum atomic E-state index is -2.97. The van der Waals surface area contributed by atoms with Crippen molar-refractivity contribution in [1.82, 2.24) is 10.2 Å². The summed E-state index contributed by atoms with van der Waals surface area (Å²) in [6.45, 7) is 9.12. The zero-order valence-corrected chi connectivity index (χ0v) is 13.9. The fourth-order valence-corrected chi connectivity index (χ4v) is 4.41. The van der Waals surface area contributed by atoms with E-state index in [1.807, 2.05) is 20.8 Å². The van der Waals surface area contributed by atoms with Crippen molar-refractivity contribution < 1.29 is 13.2 Å². The molecule has 0 aromatic carbocycles. The molecule has 5 nitrogen and oxygen atoms in total. The Morgan fingerprint density at radius 1 is 1.35 bits per heavy atom. The topological polar surface area (TPSA) is 66.5 Å². The van der Waals surface area contributed by atoms with E-state index < -0.39 is 15.4 Å². The normalized spacial score (nSPS) is 21.9. The molecule has 118 valence electrons. The van der Waals surface area contributed by atoms with Crippen molar-refractivity contribution in [1.29, 1.82) is 0 Å². The molecule has 1 unspecified atom stereocenters. The second-order valence-corrected chi connectivity index (χ2v) is 8.29. The van der Waals surface area contributed by atoms with Crippen molar-refractivity contribution >= 4 is 15.7 Å². The van der Waals surface area contributed by atoms with Crippen molar-refractivity contribution in [3.63, 3.8) is 0 Å². The number of sulfone groups is 1. The van der Waals surface area contributed by atoms with Crippen LogP contribution in [0.3, 0.4) is 0 Å². The van der Waals surface area contributed by atoms with Gasteiger partial charge in [-0.1, -0.05) is 20.3 Å². The Labute approximate surface area is 123 Å². The van der Waals surface area contributed by atoms with E-state index in [1.165, 1.54) is 0 Å². The van der Waals surface area contributed by atoms with E-state index in [0.717, 1.165) is 12.8 Å². The van der Waals surface area contributed by atoms with Gasteiger partial charge in [0, 0.05) is 12.6 Å². The predicted molar refractivity (Wildman–Crippen MR) is 81.4 cm³/mol. The molecule has 1 heterocycles. The molecule has 1 fully saturated rings. The number of rotatable bonds is 7. The standard InChI is InChI=1S/C14H28N2O3S/c1-5-7-9-16(12-8-10-20(18,19)11-12)13(17)14(3,4)15-6-2/h12,15H,5-11H2,1-4H3. The maximum Gasteiger partial charge on any atom is 0.242 e. The minimum absolute atomic E-state index is 0.00917. The molecule has 1 aliphatic heterocycles. The van der Waals surface area contributed by atoms with Gasteiger partial charge in [0.25, 0.3) is 0 Å². The molecular formula is C14H28N2O3S. The van der Waals surface area contributed by atoms with Crippen molar-refractivity contribution in [2.24, 2.45) is 0 Å². The zero-order chi connectivity index (χ0) is 15.4. The average Bonchev–Trinajstić information content (AvgIpc) is 2.70. The van der Waals surface area contributed by atoms with Gasteiger partial charge in [-0.25, -0.2) is 8.42 Å². The Kier molecular flexibility index (Phi) is 6.01. The van der Waals surface area contributed by atoms with Crippen molar-refractivity contribution in [3.05, 3.63) is 0 Å². The Morgan fingerprint density at radius 2 is 2.00 bits per heavy atom. The Hall–Kier alpha value is -0.620. The first-order chi connectivity index (χ1) is 9.23. The van der Waals surface area contributed by atoms with E-state index in [1.54, 1.807) is 4.90 Å². The molecule has 1 atom stereocenters. The summed E-state index contributed by atoms with van der Waals surface area (Å²) in [7, 11) is -2.97. The third kappa shape index (κ3) is 4.45. The smallest absolute Gasteiger partial charge is 0.242 e. The molecule has 6 heteroatoms. The van der Waals surface area contributed by atoms with Crippen molar-refractivity contribution in [2.45, 2.75) is 58.5 Å². The summed E-state index contributed by atoms with van der Waals surface area (Å²) < 4.78 is 23.3. The summed E-state index contributed by atoms with van der Waals surface area (Å²) in [5.74, 6) is 0.328. The van der Waals surface area contributed by atoms with Gasteiger partial charge in [-0.2, -0.15) is 0 Å². The Bertz CT molecular complexity index is 432. The molecule has 20 heavy (non-hydrogen) atoms. The van der Waals surface area contributed by atoms with Gasteiger partial charge in [0.15, 0.2) is 9.84 Å². The third-order valence-electron chi connectivity index (χ3n) is 3.82. The van der Waals surface area contributed by atoms with Crippen LogP contribution in [0.4, 0.5) is 0 Å². The van der Waals surface area contributed by atoms with Crippen molar-refractivity contribution in [2.75, 3.05) is 24.6 Å². The molecule has 0 aliphatic carbocycles. The van der Waals surface area contributed by atoms with Crippen LogP contribution in [-0.4, -0.2) is 55.4 Å². The van der Waals surface area contributed by atoms with Gasteiger partial charge in [-0.05, 0) is 33.2 Å². The van der Waals surface area contributed by atoms with Crippen LogP contribution in [0, 0.1) is 0 Å². The second-order valence-electron chi connectivity index (χ2n) is 6.06. The van der Waals surface area contributed by atoms with Gasteiger partial charge in [0.05, 0.1) is 17.0 Å². The van der Waals surface area contributed by atoms with Crippen LogP contribution < -0.4 is 5.32 Å². The first-order valence-electron chi connectivity index (χ1n) is 7.50. The molecule has 0 radical (unpaired) electrons. The number of unbranched alkanes of at least 4 members (excludes halogenated alkanes) is 1. The first-order valence-corrected chi connectivity index (χ1v) is 9.32. The highest BCUT2D eigenvalue weighted by molar-refractivity contribution is 7.91. The summed E-state index contributed by atoms with van der Waals surface area (Å²) in [4.78, 5) is 14.5. The lowest BCUT2D eigenvalue weighted by molar-refractivity contribution is -0.139. The molecule has 0 saturated carbocycles. The van der Waals surface area contributed by atoms with Crippen LogP contribution in [-0.2, 0) is 14.6 Å². The van der Waals surface area contributed by atoms with Crippen LogP contribution in [0.25, 0.3) is 0 Å². The van der Waals surface area contributed by atoms with Crippen LogP contribution in [0.1, 0.15) is 47.0 Å². The number of likely N-dealkylation sites (N-methyl/N-ethyl adjacent to an activating group) is 1. The van der Waals surface area contributed by atoms with Gasteiger partial charge in [0.1, 0.15) is 0 Å². The van der Waals surface area contributed by atoms with Crippen molar-refractivity contribution in [3.8, 4) is 0 Å². The fourth-order valence-electron chi connectivity index (χ4n) is 2.68.